The van der Waals surface area contributed by atoms with Crippen molar-refractivity contribution < 1.29 is 0 Å². The third kappa shape index (κ3) is 6.47. The maximum atomic E-state index is 3.31. The molecule has 0 bridgehead atoms. The smallest absolute Gasteiger partial charge is 0.0169 e. The molecule has 0 amide bonds. The van der Waals surface area contributed by atoms with Crippen molar-refractivity contribution in [1.82, 2.24) is 0 Å². The van der Waals surface area contributed by atoms with Crippen LogP contribution in [0.15, 0.2) is 42.5 Å². The summed E-state index contributed by atoms with van der Waals surface area (Å²) < 4.78 is 0. The van der Waals surface area contributed by atoms with Crippen LogP contribution >= 0.6 is 0 Å². The average molecular weight is 187 g/mol. The van der Waals surface area contributed by atoms with E-state index in [0.29, 0.717) is 0 Å². The monoisotopic (exact) mass is 187 g/mol. The number of rotatable bonds is 0. The molecule has 1 rings (SSSR count). The first kappa shape index (κ1) is 11.0. The quantitative estimate of drug-likeness (QED) is 0.494. The van der Waals surface area contributed by atoms with Crippen LogP contribution in [-0.4, -0.2) is 0 Å². The number of allylic oxidation sites excluding steroid dienone is 8. The molecular formula is C14H19. The molecule has 0 heterocycles. The van der Waals surface area contributed by atoms with E-state index in [1.165, 1.54) is 0 Å². The van der Waals surface area contributed by atoms with Crippen LogP contribution in [0.2, 0.25) is 0 Å². The Morgan fingerprint density at radius 1 is 0.643 bits per heavy atom. The third-order valence-corrected chi connectivity index (χ3v) is 2.12. The normalized spacial score (nSPS) is 28.6. The van der Waals surface area contributed by atoms with Crippen LogP contribution in [0.1, 0.15) is 38.5 Å². The fourth-order valence-corrected chi connectivity index (χ4v) is 1.33. The molecular weight excluding hydrogens is 168 g/mol. The lowest BCUT2D eigenvalue weighted by Gasteiger charge is -1.90. The first-order chi connectivity index (χ1) is 7.00. The molecule has 0 aliphatic heterocycles. The second-order valence-electron chi connectivity index (χ2n) is 3.41. The van der Waals surface area contributed by atoms with Gasteiger partial charge in [0, 0.05) is 0 Å². The van der Waals surface area contributed by atoms with Gasteiger partial charge in [0.1, 0.15) is 0 Å². The van der Waals surface area contributed by atoms with Gasteiger partial charge in [-0.3, -0.25) is 0 Å². The van der Waals surface area contributed by atoms with Crippen LogP contribution in [0.25, 0.3) is 0 Å². The largest absolute Gasteiger partial charge is 0.0879 e. The fourth-order valence-electron chi connectivity index (χ4n) is 1.33. The van der Waals surface area contributed by atoms with E-state index in [2.05, 4.69) is 48.6 Å². The molecule has 0 aromatic carbocycles. The van der Waals surface area contributed by atoms with E-state index in [4.69, 9.17) is 0 Å². The van der Waals surface area contributed by atoms with Crippen molar-refractivity contribution in [3.8, 4) is 0 Å². The highest BCUT2D eigenvalue weighted by Gasteiger charge is 1.81. The van der Waals surface area contributed by atoms with E-state index in [1.54, 1.807) is 0 Å². The summed E-state index contributed by atoms with van der Waals surface area (Å²) in [4.78, 5) is 0. The molecule has 0 unspecified atom stereocenters. The lowest BCUT2D eigenvalue weighted by molar-refractivity contribution is 0.977. The van der Waals surface area contributed by atoms with Crippen molar-refractivity contribution in [2.75, 3.05) is 0 Å². The van der Waals surface area contributed by atoms with Crippen LogP contribution in [-0.2, 0) is 0 Å². The molecule has 0 saturated carbocycles. The molecule has 0 N–H and O–H groups in total. The van der Waals surface area contributed by atoms with Gasteiger partial charge in [0.2, 0.25) is 0 Å². The Bertz CT molecular complexity index is 204. The number of hydrogen-bond acceptors (Lipinski definition) is 0. The summed E-state index contributed by atoms with van der Waals surface area (Å²) >= 11 is 0. The standard InChI is InChI=1S/C14H19/c1-2-4-6-8-10-12-14-13-11-9-7-5-3-1/h1-2,5-8,13H,3-4,9-12H2/b2-1+,7-5+,8-6-,14-13?. The zero-order chi connectivity index (χ0) is 9.90. The lowest BCUT2D eigenvalue weighted by Crippen LogP contribution is -1.70. The highest BCUT2D eigenvalue weighted by Crippen LogP contribution is 2.00. The van der Waals surface area contributed by atoms with E-state index in [0.717, 1.165) is 38.5 Å². The summed E-state index contributed by atoms with van der Waals surface area (Å²) in [6.07, 6.45) is 25.5. The zero-order valence-corrected chi connectivity index (χ0v) is 8.78. The van der Waals surface area contributed by atoms with E-state index in [9.17, 15) is 0 Å². The lowest BCUT2D eigenvalue weighted by atomic mass is 10.2. The van der Waals surface area contributed by atoms with Crippen molar-refractivity contribution in [1.29, 1.82) is 0 Å². The van der Waals surface area contributed by atoms with Gasteiger partial charge < -0.3 is 0 Å². The summed E-state index contributed by atoms with van der Waals surface area (Å²) in [5.41, 5.74) is 0. The Labute approximate surface area is 87.7 Å². The first-order valence-electron chi connectivity index (χ1n) is 5.50. The van der Waals surface area contributed by atoms with Crippen molar-refractivity contribution >= 4 is 0 Å². The Hall–Kier alpha value is -1.04. The summed E-state index contributed by atoms with van der Waals surface area (Å²) in [5, 5.41) is 0. The maximum absolute atomic E-state index is 3.31. The minimum absolute atomic E-state index is 1.06. The van der Waals surface area contributed by atoms with E-state index < -0.39 is 0 Å². The van der Waals surface area contributed by atoms with Crippen molar-refractivity contribution in [2.45, 2.75) is 38.5 Å². The molecule has 0 fully saturated rings. The average Bonchev–Trinajstić information content (AvgIpc) is 2.22. The maximum Gasteiger partial charge on any atom is -0.0169 e. The molecule has 0 spiro atoms. The highest BCUT2D eigenvalue weighted by molar-refractivity contribution is 4.98. The summed E-state index contributed by atoms with van der Waals surface area (Å²) in [7, 11) is 0. The molecule has 1 aliphatic rings. The molecule has 0 aromatic heterocycles. The van der Waals surface area contributed by atoms with Gasteiger partial charge >= 0.3 is 0 Å². The zero-order valence-electron chi connectivity index (χ0n) is 8.78. The van der Waals surface area contributed by atoms with Crippen LogP contribution < -0.4 is 0 Å². The third-order valence-electron chi connectivity index (χ3n) is 2.12. The molecule has 0 nitrogen and oxygen atoms in total. The Morgan fingerprint density at radius 3 is 2.07 bits per heavy atom. The van der Waals surface area contributed by atoms with Gasteiger partial charge in [-0.05, 0) is 44.6 Å². The van der Waals surface area contributed by atoms with Crippen LogP contribution in [0.5, 0.6) is 0 Å². The van der Waals surface area contributed by atoms with Gasteiger partial charge in [0.05, 0.1) is 0 Å². The highest BCUT2D eigenvalue weighted by atomic mass is 13.9. The first-order valence-corrected chi connectivity index (χ1v) is 5.50. The molecule has 0 aromatic rings. The molecule has 1 radical (unpaired) electrons. The fraction of sp³-hybridized carbons (Fsp3) is 0.429. The van der Waals surface area contributed by atoms with Gasteiger partial charge in [0.25, 0.3) is 0 Å². The Balaban J connectivity index is 2.34. The predicted octanol–water partition coefficient (Wildman–Crippen LogP) is 4.37. The summed E-state index contributed by atoms with van der Waals surface area (Å²) in [5.74, 6) is 0. The molecule has 14 heavy (non-hydrogen) atoms. The topological polar surface area (TPSA) is 0 Å². The van der Waals surface area contributed by atoms with Crippen LogP contribution in [0.3, 0.4) is 0 Å². The van der Waals surface area contributed by atoms with Gasteiger partial charge in [-0.1, -0.05) is 42.5 Å². The number of hydrogen-bond donors (Lipinski definition) is 0. The van der Waals surface area contributed by atoms with Gasteiger partial charge in [-0.2, -0.15) is 0 Å². The Kier molecular flexibility index (Phi) is 6.74. The van der Waals surface area contributed by atoms with E-state index >= 15 is 0 Å². The molecule has 0 saturated heterocycles. The van der Waals surface area contributed by atoms with Gasteiger partial charge in [-0.25, -0.2) is 0 Å². The molecule has 0 heteroatoms. The molecule has 75 valence electrons. The molecule has 1 aliphatic carbocycles. The van der Waals surface area contributed by atoms with Crippen molar-refractivity contribution in [3.63, 3.8) is 0 Å². The summed E-state index contributed by atoms with van der Waals surface area (Å²) in [6.45, 7) is 0. The Morgan fingerprint density at radius 2 is 1.29 bits per heavy atom. The summed E-state index contributed by atoms with van der Waals surface area (Å²) in [6, 6.07) is 0. The second kappa shape index (κ2) is 8.55. The van der Waals surface area contributed by atoms with Crippen LogP contribution in [0.4, 0.5) is 0 Å². The second-order valence-corrected chi connectivity index (χ2v) is 3.41. The van der Waals surface area contributed by atoms with Gasteiger partial charge in [-0.15, -0.1) is 0 Å². The minimum Gasteiger partial charge on any atom is -0.0879 e. The van der Waals surface area contributed by atoms with Gasteiger partial charge in [0.15, 0.2) is 0 Å². The van der Waals surface area contributed by atoms with Crippen LogP contribution in [0, 0.1) is 6.08 Å². The molecule has 0 atom stereocenters. The SMILES string of the molecule is [C]1=C/CC/C=C/C/C=C/C/C=C\CC/1. The minimum atomic E-state index is 1.06. The van der Waals surface area contributed by atoms with E-state index in [1.807, 2.05) is 0 Å². The predicted molar refractivity (Wildman–Crippen MR) is 62.9 cm³/mol. The van der Waals surface area contributed by atoms with Crippen molar-refractivity contribution in [2.24, 2.45) is 0 Å². The van der Waals surface area contributed by atoms with E-state index in [-0.39, 0.29) is 0 Å². The van der Waals surface area contributed by atoms with Crippen molar-refractivity contribution in [3.05, 3.63) is 48.6 Å².